The van der Waals surface area contributed by atoms with Crippen LogP contribution in [0.3, 0.4) is 0 Å². The van der Waals surface area contributed by atoms with Gasteiger partial charge in [-0.2, -0.15) is 4.31 Å². The summed E-state index contributed by atoms with van der Waals surface area (Å²) in [6, 6.07) is 13.3. The van der Waals surface area contributed by atoms with Gasteiger partial charge < -0.3 is 0 Å². The lowest BCUT2D eigenvalue weighted by Crippen LogP contribution is -2.54. The first-order chi connectivity index (χ1) is 15.2. The number of halogens is 1. The zero-order chi connectivity index (χ0) is 23.0. The van der Waals surface area contributed by atoms with Crippen LogP contribution in [-0.4, -0.2) is 52.9 Å². The monoisotopic (exact) mass is 474 g/mol. The molecule has 1 aliphatic heterocycles. The van der Waals surface area contributed by atoms with Gasteiger partial charge in [0.25, 0.3) is 5.56 Å². The Kier molecular flexibility index (Phi) is 6.40. The molecule has 1 saturated heterocycles. The first-order valence-corrected chi connectivity index (χ1v) is 12.6. The largest absolute Gasteiger partial charge is 0.295 e. The standard InChI is InChI=1S/C23H27ClN4O3S/c1-4-27-22(25-21-8-6-5-7-20(21)23(27)29)17(3)26-13-14-28(16(2)15-26)32(30,31)19-11-9-18(24)10-12-19/h5-12,16-17H,4,13-15H2,1-3H3. The molecular weight excluding hydrogens is 448 g/mol. The van der Waals surface area contributed by atoms with E-state index in [-0.39, 0.29) is 22.5 Å². The molecule has 0 saturated carbocycles. The maximum atomic E-state index is 13.2. The molecular formula is C23H27ClN4O3S. The first kappa shape index (κ1) is 22.9. The van der Waals surface area contributed by atoms with E-state index in [4.69, 9.17) is 16.6 Å². The summed E-state index contributed by atoms with van der Waals surface area (Å²) in [6.45, 7) is 7.85. The van der Waals surface area contributed by atoms with E-state index in [9.17, 15) is 13.2 Å². The van der Waals surface area contributed by atoms with Crippen LogP contribution in [0.1, 0.15) is 32.6 Å². The van der Waals surface area contributed by atoms with Gasteiger partial charge in [-0.1, -0.05) is 23.7 Å². The van der Waals surface area contributed by atoms with Gasteiger partial charge in [-0.25, -0.2) is 13.4 Å². The summed E-state index contributed by atoms with van der Waals surface area (Å²) < 4.78 is 29.6. The molecule has 0 radical (unpaired) electrons. The van der Waals surface area contributed by atoms with Gasteiger partial charge in [0.05, 0.1) is 21.8 Å². The highest BCUT2D eigenvalue weighted by Crippen LogP contribution is 2.27. The predicted molar refractivity (Wildman–Crippen MR) is 126 cm³/mol. The van der Waals surface area contributed by atoms with Crippen LogP contribution in [0, 0.1) is 0 Å². The van der Waals surface area contributed by atoms with Crippen molar-refractivity contribution in [1.29, 1.82) is 0 Å². The third kappa shape index (κ3) is 4.08. The Bertz CT molecular complexity index is 1290. The van der Waals surface area contributed by atoms with Gasteiger partial charge >= 0.3 is 0 Å². The second-order valence-electron chi connectivity index (χ2n) is 8.13. The summed E-state index contributed by atoms with van der Waals surface area (Å²) in [5.41, 5.74) is 0.637. The normalized spacial score (nSPS) is 19.3. The fourth-order valence-electron chi connectivity index (χ4n) is 4.39. The van der Waals surface area contributed by atoms with Crippen LogP contribution in [0.2, 0.25) is 5.02 Å². The number of sulfonamides is 1. The smallest absolute Gasteiger partial charge is 0.261 e. The number of fused-ring (bicyclic) bond motifs is 1. The van der Waals surface area contributed by atoms with E-state index in [0.717, 1.165) is 0 Å². The van der Waals surface area contributed by atoms with Crippen molar-refractivity contribution >= 4 is 32.5 Å². The molecule has 1 fully saturated rings. The van der Waals surface area contributed by atoms with Gasteiger partial charge in [0, 0.05) is 37.2 Å². The quantitative estimate of drug-likeness (QED) is 0.565. The van der Waals surface area contributed by atoms with Crippen molar-refractivity contribution in [2.24, 2.45) is 0 Å². The lowest BCUT2D eigenvalue weighted by Gasteiger charge is -2.41. The minimum absolute atomic E-state index is 0.0445. The summed E-state index contributed by atoms with van der Waals surface area (Å²) in [6.07, 6.45) is 0. The molecule has 32 heavy (non-hydrogen) atoms. The van der Waals surface area contributed by atoms with E-state index >= 15 is 0 Å². The number of para-hydroxylation sites is 1. The zero-order valence-corrected chi connectivity index (χ0v) is 20.0. The van der Waals surface area contributed by atoms with Gasteiger partial charge in [-0.15, -0.1) is 0 Å². The predicted octanol–water partition coefficient (Wildman–Crippen LogP) is 3.53. The molecule has 1 aliphatic rings. The van der Waals surface area contributed by atoms with Gasteiger partial charge in [0.2, 0.25) is 10.0 Å². The summed E-state index contributed by atoms with van der Waals surface area (Å²) in [5.74, 6) is 0.706. The summed E-state index contributed by atoms with van der Waals surface area (Å²) >= 11 is 5.92. The van der Waals surface area contributed by atoms with Crippen molar-refractivity contribution in [1.82, 2.24) is 18.8 Å². The van der Waals surface area contributed by atoms with Gasteiger partial charge in [-0.05, 0) is 57.2 Å². The van der Waals surface area contributed by atoms with Gasteiger partial charge in [0.1, 0.15) is 5.82 Å². The molecule has 0 aliphatic carbocycles. The van der Waals surface area contributed by atoms with Crippen LogP contribution in [0.15, 0.2) is 58.2 Å². The Morgan fingerprint density at radius 1 is 1.12 bits per heavy atom. The van der Waals surface area contributed by atoms with E-state index in [2.05, 4.69) is 4.90 Å². The van der Waals surface area contributed by atoms with E-state index in [1.807, 2.05) is 39.0 Å². The summed E-state index contributed by atoms with van der Waals surface area (Å²) in [5, 5.41) is 1.11. The molecule has 9 heteroatoms. The van der Waals surface area contributed by atoms with Crippen LogP contribution in [0.5, 0.6) is 0 Å². The van der Waals surface area contributed by atoms with Crippen molar-refractivity contribution in [3.8, 4) is 0 Å². The lowest BCUT2D eigenvalue weighted by atomic mass is 10.1. The maximum absolute atomic E-state index is 13.2. The van der Waals surface area contributed by atoms with Crippen molar-refractivity contribution in [2.75, 3.05) is 19.6 Å². The number of benzene rings is 2. The highest BCUT2D eigenvalue weighted by Gasteiger charge is 2.36. The minimum Gasteiger partial charge on any atom is -0.295 e. The molecule has 2 aromatic carbocycles. The summed E-state index contributed by atoms with van der Waals surface area (Å²) in [4.78, 5) is 20.2. The van der Waals surface area contributed by atoms with Crippen molar-refractivity contribution < 1.29 is 8.42 Å². The van der Waals surface area contributed by atoms with Crippen LogP contribution >= 0.6 is 11.6 Å². The van der Waals surface area contributed by atoms with Crippen LogP contribution in [0.25, 0.3) is 10.9 Å². The highest BCUT2D eigenvalue weighted by atomic mass is 35.5. The Morgan fingerprint density at radius 2 is 1.81 bits per heavy atom. The maximum Gasteiger partial charge on any atom is 0.261 e. The van der Waals surface area contributed by atoms with Crippen LogP contribution in [-0.2, 0) is 16.6 Å². The fraction of sp³-hybridized carbons (Fsp3) is 0.391. The molecule has 0 N–H and O–H groups in total. The average molecular weight is 475 g/mol. The Balaban J connectivity index is 1.60. The molecule has 170 valence electrons. The molecule has 4 rings (SSSR count). The molecule has 1 aromatic heterocycles. The lowest BCUT2D eigenvalue weighted by molar-refractivity contribution is 0.103. The van der Waals surface area contributed by atoms with Crippen LogP contribution in [0.4, 0.5) is 0 Å². The van der Waals surface area contributed by atoms with E-state index in [1.54, 1.807) is 39.2 Å². The third-order valence-electron chi connectivity index (χ3n) is 6.15. The minimum atomic E-state index is -3.61. The molecule has 0 amide bonds. The van der Waals surface area contributed by atoms with E-state index < -0.39 is 10.0 Å². The van der Waals surface area contributed by atoms with Gasteiger partial charge in [-0.3, -0.25) is 14.3 Å². The summed E-state index contributed by atoms with van der Waals surface area (Å²) in [7, 11) is -3.61. The number of nitrogens with zero attached hydrogens (tertiary/aromatic N) is 4. The van der Waals surface area contributed by atoms with Crippen LogP contribution < -0.4 is 5.56 Å². The number of hydrogen-bond donors (Lipinski definition) is 0. The molecule has 0 spiro atoms. The molecule has 7 nitrogen and oxygen atoms in total. The van der Waals surface area contributed by atoms with Crippen molar-refractivity contribution in [3.63, 3.8) is 0 Å². The van der Waals surface area contributed by atoms with E-state index in [0.29, 0.717) is 47.9 Å². The Hall–Kier alpha value is -2.26. The fourth-order valence-corrected chi connectivity index (χ4v) is 6.13. The Labute approximate surface area is 193 Å². The van der Waals surface area contributed by atoms with Gasteiger partial charge in [0.15, 0.2) is 0 Å². The highest BCUT2D eigenvalue weighted by molar-refractivity contribution is 7.89. The molecule has 0 bridgehead atoms. The Morgan fingerprint density at radius 3 is 2.47 bits per heavy atom. The molecule has 3 aromatic rings. The third-order valence-corrected chi connectivity index (χ3v) is 8.43. The second-order valence-corrected chi connectivity index (χ2v) is 10.5. The SMILES string of the molecule is CCn1c(C(C)N2CCN(S(=O)(=O)c3ccc(Cl)cc3)C(C)C2)nc2ccccc2c1=O. The topological polar surface area (TPSA) is 75.5 Å². The first-order valence-electron chi connectivity index (χ1n) is 10.7. The number of rotatable bonds is 5. The number of aromatic nitrogens is 2. The molecule has 2 atom stereocenters. The van der Waals surface area contributed by atoms with Crippen molar-refractivity contribution in [3.05, 3.63) is 69.7 Å². The number of piperazine rings is 1. The zero-order valence-electron chi connectivity index (χ0n) is 18.4. The molecule has 2 unspecified atom stereocenters. The van der Waals surface area contributed by atoms with Crippen molar-refractivity contribution in [2.45, 2.75) is 44.3 Å². The molecule has 2 heterocycles. The second kappa shape index (κ2) is 8.94. The number of hydrogen-bond acceptors (Lipinski definition) is 5. The van der Waals surface area contributed by atoms with E-state index in [1.165, 1.54) is 0 Å². The average Bonchev–Trinajstić information content (AvgIpc) is 2.78.